The first-order valence-electron chi connectivity index (χ1n) is 9.62. The van der Waals surface area contributed by atoms with E-state index in [0.29, 0.717) is 19.6 Å². The van der Waals surface area contributed by atoms with Gasteiger partial charge in [0.1, 0.15) is 12.4 Å². The van der Waals surface area contributed by atoms with Crippen molar-refractivity contribution in [1.29, 1.82) is 0 Å². The molecular weight excluding hydrogens is 348 g/mol. The summed E-state index contributed by atoms with van der Waals surface area (Å²) in [6, 6.07) is 28.2. The van der Waals surface area contributed by atoms with Gasteiger partial charge in [0.2, 0.25) is 5.91 Å². The van der Waals surface area contributed by atoms with Crippen molar-refractivity contribution in [1.82, 2.24) is 10.6 Å². The molecule has 2 atom stereocenters. The smallest absolute Gasteiger partial charge is 0.237 e. The molecule has 0 spiro atoms. The minimum atomic E-state index is -0.227. The standard InChI is InChI=1S/C24H24N2O2/c27-24-22(15-18-7-3-1-4-8-18)26-23(16-25-24)20-11-13-21(14-12-20)28-17-19-9-5-2-6-10-19/h1-14,22-23,26H,15-17H2,(H,25,27)/t22-,23+/m0/s1. The van der Waals surface area contributed by atoms with Gasteiger partial charge in [-0.2, -0.15) is 0 Å². The molecule has 2 N–H and O–H groups in total. The van der Waals surface area contributed by atoms with Crippen molar-refractivity contribution in [3.63, 3.8) is 0 Å². The van der Waals surface area contributed by atoms with Crippen molar-refractivity contribution < 1.29 is 9.53 Å². The zero-order valence-corrected chi connectivity index (χ0v) is 15.7. The third-order valence-corrected chi connectivity index (χ3v) is 5.01. The largest absolute Gasteiger partial charge is 0.489 e. The van der Waals surface area contributed by atoms with Gasteiger partial charge in [-0.05, 0) is 35.2 Å². The summed E-state index contributed by atoms with van der Waals surface area (Å²) in [4.78, 5) is 12.3. The predicted octanol–water partition coefficient (Wildman–Crippen LogP) is 3.64. The van der Waals surface area contributed by atoms with E-state index in [1.807, 2.05) is 48.5 Å². The molecule has 1 aliphatic rings. The number of carbonyl (C=O) groups is 1. The number of hydrogen-bond donors (Lipinski definition) is 2. The van der Waals surface area contributed by atoms with Gasteiger partial charge in [0.15, 0.2) is 0 Å². The lowest BCUT2D eigenvalue weighted by molar-refractivity contribution is -0.125. The Morgan fingerprint density at radius 2 is 1.46 bits per heavy atom. The van der Waals surface area contributed by atoms with Gasteiger partial charge in [0.05, 0.1) is 12.1 Å². The minimum Gasteiger partial charge on any atom is -0.489 e. The highest BCUT2D eigenvalue weighted by Gasteiger charge is 2.28. The van der Waals surface area contributed by atoms with Crippen molar-refractivity contribution in [3.8, 4) is 5.75 Å². The van der Waals surface area contributed by atoms with Crippen LogP contribution in [0.15, 0.2) is 84.9 Å². The van der Waals surface area contributed by atoms with Crippen molar-refractivity contribution in [3.05, 3.63) is 102 Å². The van der Waals surface area contributed by atoms with E-state index in [9.17, 15) is 4.79 Å². The van der Waals surface area contributed by atoms with Gasteiger partial charge in [-0.3, -0.25) is 10.1 Å². The monoisotopic (exact) mass is 372 g/mol. The molecule has 1 fully saturated rings. The third kappa shape index (κ3) is 4.59. The van der Waals surface area contributed by atoms with E-state index in [-0.39, 0.29) is 18.0 Å². The molecule has 0 radical (unpaired) electrons. The normalized spacial score (nSPS) is 19.1. The van der Waals surface area contributed by atoms with E-state index in [0.717, 1.165) is 22.4 Å². The molecule has 1 heterocycles. The number of carbonyl (C=O) groups excluding carboxylic acids is 1. The Morgan fingerprint density at radius 3 is 2.14 bits per heavy atom. The molecule has 1 amide bonds. The molecule has 0 aromatic heterocycles. The van der Waals surface area contributed by atoms with Gasteiger partial charge in [0.25, 0.3) is 0 Å². The van der Waals surface area contributed by atoms with E-state index >= 15 is 0 Å². The molecule has 4 rings (SSSR count). The maximum atomic E-state index is 12.3. The first kappa shape index (κ1) is 18.3. The summed E-state index contributed by atoms with van der Waals surface area (Å²) < 4.78 is 5.86. The maximum Gasteiger partial charge on any atom is 0.237 e. The van der Waals surface area contributed by atoms with Crippen molar-refractivity contribution in [2.24, 2.45) is 0 Å². The molecule has 3 aromatic rings. The molecule has 0 unspecified atom stereocenters. The van der Waals surface area contributed by atoms with Crippen LogP contribution in [0.4, 0.5) is 0 Å². The molecule has 4 heteroatoms. The van der Waals surface area contributed by atoms with Crippen molar-refractivity contribution in [2.75, 3.05) is 6.54 Å². The van der Waals surface area contributed by atoms with Crippen LogP contribution >= 0.6 is 0 Å². The van der Waals surface area contributed by atoms with Gasteiger partial charge in [-0.25, -0.2) is 0 Å². The average molecular weight is 372 g/mol. The quantitative estimate of drug-likeness (QED) is 0.695. The number of ether oxygens (including phenoxy) is 1. The van der Waals surface area contributed by atoms with E-state index < -0.39 is 0 Å². The topological polar surface area (TPSA) is 50.4 Å². The molecule has 3 aromatic carbocycles. The van der Waals surface area contributed by atoms with Crippen LogP contribution in [-0.2, 0) is 17.8 Å². The summed E-state index contributed by atoms with van der Waals surface area (Å²) in [7, 11) is 0. The molecule has 1 saturated heterocycles. The summed E-state index contributed by atoms with van der Waals surface area (Å²) in [6.07, 6.45) is 0.682. The fraction of sp³-hybridized carbons (Fsp3) is 0.208. The van der Waals surface area contributed by atoms with Crippen LogP contribution in [0.5, 0.6) is 5.75 Å². The van der Waals surface area contributed by atoms with Gasteiger partial charge < -0.3 is 10.1 Å². The minimum absolute atomic E-state index is 0.0583. The first-order valence-corrected chi connectivity index (χ1v) is 9.62. The Bertz CT molecular complexity index is 895. The van der Waals surface area contributed by atoms with Crippen molar-refractivity contribution in [2.45, 2.75) is 25.1 Å². The number of benzene rings is 3. The summed E-state index contributed by atoms with van der Waals surface area (Å²) in [5.41, 5.74) is 3.44. The lowest BCUT2D eigenvalue weighted by atomic mass is 9.98. The highest BCUT2D eigenvalue weighted by molar-refractivity contribution is 5.83. The van der Waals surface area contributed by atoms with E-state index in [1.165, 1.54) is 0 Å². The lowest BCUT2D eigenvalue weighted by Gasteiger charge is -2.31. The second-order valence-electron chi connectivity index (χ2n) is 7.05. The molecule has 142 valence electrons. The second-order valence-corrected chi connectivity index (χ2v) is 7.05. The Labute approximate surface area is 165 Å². The fourth-order valence-electron chi connectivity index (χ4n) is 3.46. The summed E-state index contributed by atoms with van der Waals surface area (Å²) in [5.74, 6) is 0.899. The Kier molecular flexibility index (Phi) is 5.69. The molecule has 1 aliphatic heterocycles. The van der Waals surface area contributed by atoms with Crippen LogP contribution in [0.3, 0.4) is 0 Å². The number of amides is 1. The van der Waals surface area contributed by atoms with Crippen LogP contribution in [0.25, 0.3) is 0 Å². The van der Waals surface area contributed by atoms with Gasteiger partial charge in [-0.1, -0.05) is 72.8 Å². The Morgan fingerprint density at radius 1 is 0.821 bits per heavy atom. The van der Waals surface area contributed by atoms with Gasteiger partial charge in [0, 0.05) is 6.54 Å². The Hall–Kier alpha value is -3.11. The zero-order valence-electron chi connectivity index (χ0n) is 15.7. The molecule has 0 aliphatic carbocycles. The highest BCUT2D eigenvalue weighted by Crippen LogP contribution is 2.21. The number of nitrogens with one attached hydrogen (secondary N) is 2. The maximum absolute atomic E-state index is 12.3. The SMILES string of the molecule is O=C1NC[C@H](c2ccc(OCc3ccccc3)cc2)N[C@H]1Cc1ccccc1. The molecule has 28 heavy (non-hydrogen) atoms. The van der Waals surface area contributed by atoms with E-state index in [1.54, 1.807) is 0 Å². The zero-order chi connectivity index (χ0) is 19.2. The highest BCUT2D eigenvalue weighted by atomic mass is 16.5. The Balaban J connectivity index is 1.37. The van der Waals surface area contributed by atoms with Gasteiger partial charge >= 0.3 is 0 Å². The predicted molar refractivity (Wildman–Crippen MR) is 110 cm³/mol. The second kappa shape index (κ2) is 8.72. The summed E-state index contributed by atoms with van der Waals surface area (Å²) in [5, 5.41) is 6.52. The first-order chi connectivity index (χ1) is 13.8. The molecule has 0 bridgehead atoms. The van der Waals surface area contributed by atoms with Crippen LogP contribution in [0.1, 0.15) is 22.7 Å². The number of hydrogen-bond acceptors (Lipinski definition) is 3. The van der Waals surface area contributed by atoms with Crippen LogP contribution < -0.4 is 15.4 Å². The molecule has 0 saturated carbocycles. The molecular formula is C24H24N2O2. The van der Waals surface area contributed by atoms with Crippen LogP contribution in [0.2, 0.25) is 0 Å². The van der Waals surface area contributed by atoms with Crippen molar-refractivity contribution >= 4 is 5.91 Å². The summed E-state index contributed by atoms with van der Waals surface area (Å²) >= 11 is 0. The fourth-order valence-corrected chi connectivity index (χ4v) is 3.46. The number of piperazine rings is 1. The average Bonchev–Trinajstić information content (AvgIpc) is 2.76. The summed E-state index contributed by atoms with van der Waals surface area (Å²) in [6.45, 7) is 1.14. The van der Waals surface area contributed by atoms with E-state index in [4.69, 9.17) is 4.74 Å². The number of rotatable bonds is 6. The lowest BCUT2D eigenvalue weighted by Crippen LogP contribution is -2.55. The third-order valence-electron chi connectivity index (χ3n) is 5.01. The van der Waals surface area contributed by atoms with Gasteiger partial charge in [-0.15, -0.1) is 0 Å². The van der Waals surface area contributed by atoms with Crippen LogP contribution in [-0.4, -0.2) is 18.5 Å². The molecule has 4 nitrogen and oxygen atoms in total. The van der Waals surface area contributed by atoms with E-state index in [2.05, 4.69) is 47.0 Å². The van der Waals surface area contributed by atoms with Crippen LogP contribution in [0, 0.1) is 0 Å².